The van der Waals surface area contributed by atoms with Crippen molar-refractivity contribution < 1.29 is 14.6 Å². The second-order valence-corrected chi connectivity index (χ2v) is 6.67. The summed E-state index contributed by atoms with van der Waals surface area (Å²) >= 11 is 0. The number of rotatable bonds is 4. The van der Waals surface area contributed by atoms with Crippen LogP contribution in [-0.4, -0.2) is 40.8 Å². The Morgan fingerprint density at radius 2 is 1.84 bits per heavy atom. The van der Waals surface area contributed by atoms with Gasteiger partial charge in [0.25, 0.3) is 0 Å². The zero-order chi connectivity index (χ0) is 17.7. The van der Waals surface area contributed by atoms with Gasteiger partial charge in [0, 0.05) is 12.2 Å². The summed E-state index contributed by atoms with van der Waals surface area (Å²) in [7, 11) is 0. The molecule has 1 aliphatic rings. The maximum absolute atomic E-state index is 12.3. The fourth-order valence-electron chi connectivity index (χ4n) is 3.10. The Balaban J connectivity index is 1.55. The Hall–Kier alpha value is -2.53. The fourth-order valence-corrected chi connectivity index (χ4v) is 3.10. The number of anilines is 1. The molecule has 0 bridgehead atoms. The number of hydrogen-bond donors (Lipinski definition) is 2. The third-order valence-electron chi connectivity index (χ3n) is 4.53. The van der Waals surface area contributed by atoms with Crippen molar-refractivity contribution in [1.82, 2.24) is 4.90 Å². The molecule has 0 aliphatic carbocycles. The van der Waals surface area contributed by atoms with Gasteiger partial charge in [-0.15, -0.1) is 0 Å². The number of benzene rings is 2. The molecule has 0 radical (unpaired) electrons. The Bertz CT molecular complexity index is 689. The normalized spacial score (nSPS) is 23.1. The number of aliphatic hydroxyl groups is 1. The standard InChI is InChI=1S/C20H24N2O3/c1-20(24)15-22(19(23)25-14-16-8-4-2-5-9-16)13-12-18(20)21-17-10-6-3-7-11-17/h2-11,18,21,24H,12-15H2,1H3/t18-,20-/m0/s1. The van der Waals surface area contributed by atoms with E-state index in [-0.39, 0.29) is 25.3 Å². The monoisotopic (exact) mass is 340 g/mol. The molecule has 2 aromatic carbocycles. The van der Waals surface area contributed by atoms with Crippen molar-refractivity contribution in [2.45, 2.75) is 31.6 Å². The van der Waals surface area contributed by atoms with Crippen LogP contribution in [0.15, 0.2) is 60.7 Å². The lowest BCUT2D eigenvalue weighted by Gasteiger charge is -2.43. The number of likely N-dealkylation sites (tertiary alicyclic amines) is 1. The molecule has 1 amide bonds. The molecule has 0 aromatic heterocycles. The molecule has 25 heavy (non-hydrogen) atoms. The number of amides is 1. The van der Waals surface area contributed by atoms with Crippen LogP contribution >= 0.6 is 0 Å². The molecule has 1 fully saturated rings. The molecule has 5 nitrogen and oxygen atoms in total. The van der Waals surface area contributed by atoms with Crippen LogP contribution in [0.1, 0.15) is 18.9 Å². The first kappa shape index (κ1) is 17.3. The fraction of sp³-hybridized carbons (Fsp3) is 0.350. The Morgan fingerprint density at radius 1 is 1.20 bits per heavy atom. The Labute approximate surface area is 148 Å². The second-order valence-electron chi connectivity index (χ2n) is 6.67. The van der Waals surface area contributed by atoms with Gasteiger partial charge >= 0.3 is 6.09 Å². The molecule has 132 valence electrons. The van der Waals surface area contributed by atoms with Crippen LogP contribution in [-0.2, 0) is 11.3 Å². The maximum Gasteiger partial charge on any atom is 0.410 e. The average Bonchev–Trinajstić information content (AvgIpc) is 2.63. The number of β-amino-alcohol motifs (C(OH)–C–C–N with tert-alkyl or cyclic N) is 1. The predicted molar refractivity (Wildman–Crippen MR) is 97.3 cm³/mol. The van der Waals surface area contributed by atoms with E-state index >= 15 is 0 Å². The molecule has 0 unspecified atom stereocenters. The summed E-state index contributed by atoms with van der Waals surface area (Å²) in [6.07, 6.45) is 0.268. The summed E-state index contributed by atoms with van der Waals surface area (Å²) in [4.78, 5) is 13.9. The molecule has 2 aromatic rings. The van der Waals surface area contributed by atoms with Crippen molar-refractivity contribution in [3.63, 3.8) is 0 Å². The Morgan fingerprint density at radius 3 is 2.48 bits per heavy atom. The number of nitrogens with one attached hydrogen (secondary N) is 1. The number of carbonyl (C=O) groups excluding carboxylic acids is 1. The van der Waals surface area contributed by atoms with Crippen LogP contribution in [0.5, 0.6) is 0 Å². The predicted octanol–water partition coefficient (Wildman–Crippen LogP) is 3.26. The van der Waals surface area contributed by atoms with E-state index < -0.39 is 5.60 Å². The van der Waals surface area contributed by atoms with Crippen LogP contribution in [0, 0.1) is 0 Å². The van der Waals surface area contributed by atoms with Gasteiger partial charge in [-0.25, -0.2) is 4.79 Å². The zero-order valence-electron chi connectivity index (χ0n) is 14.4. The highest BCUT2D eigenvalue weighted by Gasteiger charge is 2.40. The van der Waals surface area contributed by atoms with E-state index in [4.69, 9.17) is 4.74 Å². The smallest absolute Gasteiger partial charge is 0.410 e. The lowest BCUT2D eigenvalue weighted by atomic mass is 9.89. The molecule has 1 saturated heterocycles. The van der Waals surface area contributed by atoms with Gasteiger partial charge in [-0.1, -0.05) is 48.5 Å². The molecule has 2 atom stereocenters. The maximum atomic E-state index is 12.3. The number of hydrogen-bond acceptors (Lipinski definition) is 4. The van der Waals surface area contributed by atoms with E-state index in [9.17, 15) is 9.90 Å². The number of para-hydroxylation sites is 1. The van der Waals surface area contributed by atoms with Crippen LogP contribution in [0.3, 0.4) is 0 Å². The van der Waals surface area contributed by atoms with Crippen molar-refractivity contribution in [2.24, 2.45) is 0 Å². The summed E-state index contributed by atoms with van der Waals surface area (Å²) in [5.41, 5.74) is 0.885. The van der Waals surface area contributed by atoms with E-state index in [1.165, 1.54) is 0 Å². The first-order valence-electron chi connectivity index (χ1n) is 8.54. The minimum Gasteiger partial charge on any atom is -0.445 e. The van der Waals surface area contributed by atoms with Crippen molar-refractivity contribution in [1.29, 1.82) is 0 Å². The van der Waals surface area contributed by atoms with Gasteiger partial charge in [-0.2, -0.15) is 0 Å². The van der Waals surface area contributed by atoms with Gasteiger partial charge in [0.2, 0.25) is 0 Å². The summed E-state index contributed by atoms with van der Waals surface area (Å²) in [5, 5.41) is 14.1. The van der Waals surface area contributed by atoms with Gasteiger partial charge in [0.15, 0.2) is 0 Å². The number of ether oxygens (including phenoxy) is 1. The zero-order valence-corrected chi connectivity index (χ0v) is 14.4. The minimum atomic E-state index is -1.03. The van der Waals surface area contributed by atoms with E-state index in [2.05, 4.69) is 5.32 Å². The van der Waals surface area contributed by atoms with Crippen LogP contribution in [0.2, 0.25) is 0 Å². The molecular weight excluding hydrogens is 316 g/mol. The Kier molecular flexibility index (Phi) is 5.24. The van der Waals surface area contributed by atoms with Gasteiger partial charge in [-0.05, 0) is 31.0 Å². The quantitative estimate of drug-likeness (QED) is 0.897. The summed E-state index contributed by atoms with van der Waals surface area (Å²) < 4.78 is 5.37. The third-order valence-corrected chi connectivity index (χ3v) is 4.53. The van der Waals surface area contributed by atoms with Crippen LogP contribution in [0.4, 0.5) is 10.5 Å². The lowest BCUT2D eigenvalue weighted by Crippen LogP contribution is -2.59. The first-order chi connectivity index (χ1) is 12.0. The van der Waals surface area contributed by atoms with Crippen molar-refractivity contribution in [2.75, 3.05) is 18.4 Å². The van der Waals surface area contributed by atoms with Gasteiger partial charge in [0.05, 0.1) is 18.2 Å². The molecule has 1 aliphatic heterocycles. The number of nitrogens with zero attached hydrogens (tertiary/aromatic N) is 1. The van der Waals surface area contributed by atoms with Crippen molar-refractivity contribution >= 4 is 11.8 Å². The SMILES string of the molecule is C[C@]1(O)CN(C(=O)OCc2ccccc2)CC[C@@H]1Nc1ccccc1. The molecule has 1 heterocycles. The van der Waals surface area contributed by atoms with E-state index in [0.717, 1.165) is 11.3 Å². The lowest BCUT2D eigenvalue weighted by molar-refractivity contribution is -0.0259. The first-order valence-corrected chi connectivity index (χ1v) is 8.54. The molecule has 2 N–H and O–H groups in total. The van der Waals surface area contributed by atoms with E-state index in [0.29, 0.717) is 13.0 Å². The van der Waals surface area contributed by atoms with Crippen molar-refractivity contribution in [3.8, 4) is 0 Å². The topological polar surface area (TPSA) is 61.8 Å². The molecule has 5 heteroatoms. The average molecular weight is 340 g/mol. The second kappa shape index (κ2) is 7.57. The van der Waals surface area contributed by atoms with Crippen LogP contribution < -0.4 is 5.32 Å². The number of carbonyl (C=O) groups is 1. The van der Waals surface area contributed by atoms with Crippen molar-refractivity contribution in [3.05, 3.63) is 66.2 Å². The summed E-state index contributed by atoms with van der Waals surface area (Å²) in [6.45, 7) is 2.79. The van der Waals surface area contributed by atoms with Gasteiger partial charge < -0.3 is 20.1 Å². The molecule has 3 rings (SSSR count). The molecule has 0 saturated carbocycles. The van der Waals surface area contributed by atoms with Gasteiger partial charge in [-0.3, -0.25) is 0 Å². The van der Waals surface area contributed by atoms with E-state index in [1.807, 2.05) is 60.7 Å². The third kappa shape index (κ3) is 4.51. The van der Waals surface area contributed by atoms with Crippen LogP contribution in [0.25, 0.3) is 0 Å². The highest BCUT2D eigenvalue weighted by atomic mass is 16.6. The number of piperidine rings is 1. The minimum absolute atomic E-state index is 0.118. The molecule has 0 spiro atoms. The largest absolute Gasteiger partial charge is 0.445 e. The van der Waals surface area contributed by atoms with E-state index in [1.54, 1.807) is 11.8 Å². The summed E-state index contributed by atoms with van der Waals surface area (Å²) in [6, 6.07) is 19.3. The summed E-state index contributed by atoms with van der Waals surface area (Å²) in [5.74, 6) is 0. The molecular formula is C20H24N2O3. The highest BCUT2D eigenvalue weighted by Crippen LogP contribution is 2.25. The van der Waals surface area contributed by atoms with Gasteiger partial charge in [0.1, 0.15) is 6.61 Å². The highest BCUT2D eigenvalue weighted by molar-refractivity contribution is 5.68.